The quantitative estimate of drug-likeness (QED) is 0.300. The van der Waals surface area contributed by atoms with Crippen molar-refractivity contribution in [3.8, 4) is 11.3 Å². The van der Waals surface area contributed by atoms with Crippen molar-refractivity contribution in [1.29, 1.82) is 0 Å². The number of rotatable bonds is 8. The maximum atomic E-state index is 12.9. The molecule has 1 saturated carbocycles. The molecule has 1 amide bonds. The monoisotopic (exact) mass is 517 g/mol. The second-order valence-electron chi connectivity index (χ2n) is 9.79. The highest BCUT2D eigenvalue weighted by Crippen LogP contribution is 2.26. The number of carbonyl (C=O) groups is 1. The van der Waals surface area contributed by atoms with Crippen LogP contribution in [0.4, 0.5) is 5.69 Å². The van der Waals surface area contributed by atoms with E-state index in [0.717, 1.165) is 17.7 Å². The average Bonchev–Trinajstić information content (AvgIpc) is 3.58. The van der Waals surface area contributed by atoms with Crippen LogP contribution in [-0.2, 0) is 16.4 Å². The van der Waals surface area contributed by atoms with Gasteiger partial charge in [0, 0.05) is 29.9 Å². The Hall–Kier alpha value is -3.56. The molecular formula is C28H31N5O3S. The van der Waals surface area contributed by atoms with Gasteiger partial charge >= 0.3 is 0 Å². The third-order valence-corrected chi connectivity index (χ3v) is 9.06. The Balaban J connectivity index is 1.30. The maximum absolute atomic E-state index is 12.9. The van der Waals surface area contributed by atoms with Crippen LogP contribution in [-0.4, -0.2) is 40.6 Å². The van der Waals surface area contributed by atoms with Gasteiger partial charge in [-0.15, -0.1) is 0 Å². The standard InChI is InChI=1S/C28H31N5O3S/c1-18(2)37(35,36)23-13-11-20(12-14-23)24-16-30-27-26(32-24)25(17-31-27)33-28(34)21-9-7-19(8-10-21)15-29-22-5-3-4-6-22/h7-14,16-18,22,29H,3-6,15H2,1-2H3,(H,30,31)(H,33,34). The second kappa shape index (κ2) is 10.4. The Bertz CT molecular complexity index is 1500. The van der Waals surface area contributed by atoms with Crippen molar-refractivity contribution in [3.05, 3.63) is 72.1 Å². The third-order valence-electron chi connectivity index (χ3n) is 6.89. The first kappa shape index (κ1) is 25.1. The van der Waals surface area contributed by atoms with Gasteiger partial charge in [0.25, 0.3) is 5.91 Å². The van der Waals surface area contributed by atoms with Gasteiger partial charge in [-0.3, -0.25) is 4.79 Å². The predicted octanol–water partition coefficient (Wildman–Crippen LogP) is 5.09. The molecule has 37 heavy (non-hydrogen) atoms. The lowest BCUT2D eigenvalue weighted by Gasteiger charge is -2.12. The van der Waals surface area contributed by atoms with E-state index in [2.05, 4.69) is 25.6 Å². The third kappa shape index (κ3) is 5.42. The number of H-pyrrole nitrogens is 1. The summed E-state index contributed by atoms with van der Waals surface area (Å²) in [4.78, 5) is 25.4. The Morgan fingerprint density at radius 3 is 2.43 bits per heavy atom. The molecule has 2 aromatic carbocycles. The fourth-order valence-electron chi connectivity index (χ4n) is 4.57. The Kier molecular flexibility index (Phi) is 7.08. The SMILES string of the molecule is CC(C)S(=O)(=O)c1ccc(-c2cnc3[nH]cc(NC(=O)c4ccc(CNC5CCCC5)cc4)c3n2)cc1. The van der Waals surface area contributed by atoms with E-state index in [9.17, 15) is 13.2 Å². The lowest BCUT2D eigenvalue weighted by atomic mass is 10.1. The number of carbonyl (C=O) groups excluding carboxylic acids is 1. The van der Waals surface area contributed by atoms with Crippen molar-refractivity contribution in [3.63, 3.8) is 0 Å². The van der Waals surface area contributed by atoms with E-state index in [1.807, 2.05) is 24.3 Å². The highest BCUT2D eigenvalue weighted by molar-refractivity contribution is 7.92. The Labute approximate surface area is 216 Å². The maximum Gasteiger partial charge on any atom is 0.255 e. The molecule has 0 saturated heterocycles. The molecule has 4 aromatic rings. The van der Waals surface area contributed by atoms with Gasteiger partial charge in [0.2, 0.25) is 0 Å². The summed E-state index contributed by atoms with van der Waals surface area (Å²) in [6.07, 6.45) is 8.36. The molecule has 0 aliphatic heterocycles. The molecule has 5 rings (SSSR count). The van der Waals surface area contributed by atoms with Crippen LogP contribution in [0.5, 0.6) is 0 Å². The summed E-state index contributed by atoms with van der Waals surface area (Å²) in [6, 6.07) is 14.8. The van der Waals surface area contributed by atoms with E-state index in [0.29, 0.717) is 34.2 Å². The van der Waals surface area contributed by atoms with Gasteiger partial charge in [0.05, 0.1) is 27.7 Å². The van der Waals surface area contributed by atoms with Crippen molar-refractivity contribution >= 4 is 32.6 Å². The van der Waals surface area contributed by atoms with Crippen LogP contribution < -0.4 is 10.6 Å². The lowest BCUT2D eigenvalue weighted by molar-refractivity contribution is 0.102. The predicted molar refractivity (Wildman–Crippen MR) is 145 cm³/mol. The molecule has 9 heteroatoms. The zero-order chi connectivity index (χ0) is 26.0. The molecule has 8 nitrogen and oxygen atoms in total. The molecule has 2 aromatic heterocycles. The number of benzene rings is 2. The summed E-state index contributed by atoms with van der Waals surface area (Å²) < 4.78 is 24.8. The summed E-state index contributed by atoms with van der Waals surface area (Å²) in [5, 5.41) is 6.02. The van der Waals surface area contributed by atoms with Crippen LogP contribution in [0.15, 0.2) is 65.8 Å². The molecule has 3 N–H and O–H groups in total. The highest BCUT2D eigenvalue weighted by atomic mass is 32.2. The summed E-state index contributed by atoms with van der Waals surface area (Å²) in [5.41, 5.74) is 4.63. The lowest BCUT2D eigenvalue weighted by Crippen LogP contribution is -2.25. The number of fused-ring (bicyclic) bond motifs is 1. The molecule has 0 unspecified atom stereocenters. The van der Waals surface area contributed by atoms with Crippen LogP contribution in [0.25, 0.3) is 22.4 Å². The van der Waals surface area contributed by atoms with Gasteiger partial charge in [-0.25, -0.2) is 18.4 Å². The van der Waals surface area contributed by atoms with Crippen molar-refractivity contribution in [2.24, 2.45) is 0 Å². The number of hydrogen-bond acceptors (Lipinski definition) is 6. The van der Waals surface area contributed by atoms with E-state index >= 15 is 0 Å². The number of sulfone groups is 1. The number of hydrogen-bond donors (Lipinski definition) is 3. The van der Waals surface area contributed by atoms with Crippen LogP contribution in [0.2, 0.25) is 0 Å². The van der Waals surface area contributed by atoms with Gasteiger partial charge < -0.3 is 15.6 Å². The first-order valence-electron chi connectivity index (χ1n) is 12.6. The van der Waals surface area contributed by atoms with E-state index in [1.54, 1.807) is 50.5 Å². The first-order chi connectivity index (χ1) is 17.8. The zero-order valence-electron chi connectivity index (χ0n) is 21.0. The fraction of sp³-hybridized carbons (Fsp3) is 0.321. The van der Waals surface area contributed by atoms with Gasteiger partial charge in [0.1, 0.15) is 5.52 Å². The summed E-state index contributed by atoms with van der Waals surface area (Å²) in [6.45, 7) is 4.12. The summed E-state index contributed by atoms with van der Waals surface area (Å²) >= 11 is 0. The van der Waals surface area contributed by atoms with Crippen LogP contribution in [0, 0.1) is 0 Å². The van der Waals surface area contributed by atoms with Crippen molar-refractivity contribution in [2.75, 3.05) is 5.32 Å². The molecule has 0 atom stereocenters. The molecule has 0 radical (unpaired) electrons. The number of aromatic nitrogens is 3. The average molecular weight is 518 g/mol. The minimum absolute atomic E-state index is 0.230. The summed E-state index contributed by atoms with van der Waals surface area (Å²) in [5.74, 6) is -0.230. The first-order valence-corrected chi connectivity index (χ1v) is 14.2. The van der Waals surface area contributed by atoms with Crippen molar-refractivity contribution in [2.45, 2.75) is 62.3 Å². The molecule has 192 valence electrons. The molecule has 0 spiro atoms. The zero-order valence-corrected chi connectivity index (χ0v) is 21.8. The van der Waals surface area contributed by atoms with E-state index < -0.39 is 15.1 Å². The number of anilines is 1. The van der Waals surface area contributed by atoms with Gasteiger partial charge in [0.15, 0.2) is 15.5 Å². The molecule has 1 aliphatic carbocycles. The Morgan fingerprint density at radius 2 is 1.76 bits per heavy atom. The molecule has 0 bridgehead atoms. The Morgan fingerprint density at radius 1 is 1.05 bits per heavy atom. The normalized spacial score (nSPS) is 14.5. The molecular weight excluding hydrogens is 486 g/mol. The van der Waals surface area contributed by atoms with Gasteiger partial charge in [-0.05, 0) is 56.5 Å². The van der Waals surface area contributed by atoms with Gasteiger partial charge in [-0.2, -0.15) is 0 Å². The summed E-state index contributed by atoms with van der Waals surface area (Å²) in [7, 11) is -3.35. The van der Waals surface area contributed by atoms with Crippen LogP contribution in [0.3, 0.4) is 0 Å². The van der Waals surface area contributed by atoms with Crippen molar-refractivity contribution in [1.82, 2.24) is 20.3 Å². The smallest absolute Gasteiger partial charge is 0.255 e. The van der Waals surface area contributed by atoms with E-state index in [1.165, 1.54) is 25.7 Å². The van der Waals surface area contributed by atoms with Crippen molar-refractivity contribution < 1.29 is 13.2 Å². The molecule has 1 aliphatic rings. The minimum Gasteiger partial charge on any atom is -0.343 e. The van der Waals surface area contributed by atoms with E-state index in [4.69, 9.17) is 0 Å². The van der Waals surface area contributed by atoms with Crippen LogP contribution in [0.1, 0.15) is 55.5 Å². The number of nitrogens with one attached hydrogen (secondary N) is 3. The molecule has 1 fully saturated rings. The minimum atomic E-state index is -3.35. The number of amides is 1. The van der Waals surface area contributed by atoms with Gasteiger partial charge in [-0.1, -0.05) is 37.1 Å². The van der Waals surface area contributed by atoms with Crippen LogP contribution >= 0.6 is 0 Å². The second-order valence-corrected chi connectivity index (χ2v) is 12.3. The fourth-order valence-corrected chi connectivity index (χ4v) is 5.63. The van der Waals surface area contributed by atoms with E-state index in [-0.39, 0.29) is 10.8 Å². The number of nitrogens with zero attached hydrogens (tertiary/aromatic N) is 2. The molecule has 2 heterocycles. The highest BCUT2D eigenvalue weighted by Gasteiger charge is 2.19. The topological polar surface area (TPSA) is 117 Å². The number of aromatic amines is 1. The largest absolute Gasteiger partial charge is 0.343 e.